The van der Waals surface area contributed by atoms with Crippen molar-refractivity contribution in [2.24, 2.45) is 23.7 Å². The Labute approximate surface area is 90.5 Å². The van der Waals surface area contributed by atoms with Gasteiger partial charge in [-0.2, -0.15) is 0 Å². The maximum absolute atomic E-state index is 10.4. The first-order chi connectivity index (χ1) is 7.59. The summed E-state index contributed by atoms with van der Waals surface area (Å²) in [5.74, 6) is 0.436. The highest BCUT2D eigenvalue weighted by molar-refractivity contribution is 5.59. The molecule has 16 heavy (non-hydrogen) atoms. The fourth-order valence-corrected chi connectivity index (χ4v) is 2.89. The van der Waals surface area contributed by atoms with Crippen molar-refractivity contribution in [2.75, 3.05) is 0 Å². The second-order valence-corrected chi connectivity index (χ2v) is 4.39. The molecule has 0 aliphatic heterocycles. The minimum Gasteiger partial charge on any atom is -0.450 e. The van der Waals surface area contributed by atoms with E-state index in [4.69, 9.17) is 19.7 Å². The van der Waals surface area contributed by atoms with E-state index < -0.39 is 12.3 Å². The lowest BCUT2D eigenvalue weighted by Crippen LogP contribution is -2.08. The summed E-state index contributed by atoms with van der Waals surface area (Å²) in [6.07, 6.45) is 0.633. The van der Waals surface area contributed by atoms with E-state index in [0.29, 0.717) is 0 Å². The fraction of sp³-hybridized carbons (Fsp3) is 0.600. The first-order valence-corrected chi connectivity index (χ1v) is 5.07. The average molecular weight is 226 g/mol. The minimum absolute atomic E-state index is 0.107. The van der Waals surface area contributed by atoms with Crippen LogP contribution in [0, 0.1) is 23.7 Å². The zero-order valence-electron chi connectivity index (χ0n) is 8.15. The van der Waals surface area contributed by atoms with E-state index in [0.717, 1.165) is 0 Å². The predicted molar refractivity (Wildman–Crippen MR) is 48.9 cm³/mol. The van der Waals surface area contributed by atoms with Gasteiger partial charge in [-0.15, -0.1) is 0 Å². The Hall–Kier alpha value is -1.72. The van der Waals surface area contributed by atoms with Crippen molar-refractivity contribution in [1.82, 2.24) is 0 Å². The number of hydrogen-bond donors (Lipinski definition) is 2. The molecular weight excluding hydrogens is 216 g/mol. The number of hydrogen-bond acceptors (Lipinski definition) is 4. The molecule has 6 heteroatoms. The molecule has 6 nitrogen and oxygen atoms in total. The number of carbonyl (C=O) groups is 2. The quantitative estimate of drug-likeness (QED) is 0.542. The monoisotopic (exact) mass is 226 g/mol. The van der Waals surface area contributed by atoms with Crippen LogP contribution in [0.15, 0.2) is 12.2 Å². The van der Waals surface area contributed by atoms with E-state index in [1.54, 1.807) is 0 Å². The molecule has 0 aromatic rings. The highest BCUT2D eigenvalue weighted by atomic mass is 16.7. The van der Waals surface area contributed by atoms with Gasteiger partial charge in [0.05, 0.1) is 0 Å². The molecule has 6 atom stereocenters. The molecule has 0 aromatic carbocycles. The Bertz CT molecular complexity index is 353. The van der Waals surface area contributed by atoms with Crippen molar-refractivity contribution in [3.63, 3.8) is 0 Å². The van der Waals surface area contributed by atoms with Crippen molar-refractivity contribution in [1.29, 1.82) is 0 Å². The average Bonchev–Trinajstić information content (AvgIpc) is 3.02. The summed E-state index contributed by atoms with van der Waals surface area (Å²) in [5, 5.41) is 17.0. The van der Waals surface area contributed by atoms with E-state index in [2.05, 4.69) is 0 Å². The standard InChI is InChI=1S/C10H10O6/c11-9(12)15-7-3-1-2-4-6(5(3)7)8(4)16-10(13)14/h1-8H,(H,11,12)(H,13,14)/t3-,4+,5-,6+,7+,8-. The minimum atomic E-state index is -1.28. The molecule has 0 unspecified atom stereocenters. The maximum Gasteiger partial charge on any atom is 0.506 e. The highest BCUT2D eigenvalue weighted by Crippen LogP contribution is 2.64. The van der Waals surface area contributed by atoms with Crippen molar-refractivity contribution in [3.05, 3.63) is 12.2 Å². The van der Waals surface area contributed by atoms with Crippen LogP contribution in [0.2, 0.25) is 0 Å². The number of ether oxygens (including phenoxy) is 2. The van der Waals surface area contributed by atoms with E-state index >= 15 is 0 Å². The summed E-state index contributed by atoms with van der Waals surface area (Å²) in [4.78, 5) is 20.8. The largest absolute Gasteiger partial charge is 0.506 e. The molecule has 2 fully saturated rings. The molecule has 3 aliphatic carbocycles. The zero-order chi connectivity index (χ0) is 11.4. The van der Waals surface area contributed by atoms with Gasteiger partial charge >= 0.3 is 12.3 Å². The molecule has 0 bridgehead atoms. The molecule has 3 aliphatic rings. The summed E-state index contributed by atoms with van der Waals surface area (Å²) in [7, 11) is 0. The van der Waals surface area contributed by atoms with E-state index in [9.17, 15) is 9.59 Å². The van der Waals surface area contributed by atoms with E-state index in [1.165, 1.54) is 0 Å². The SMILES string of the molecule is O=C(O)O[C@@H]1[C@H]2C=C[C@H]3[C@H](OC(=O)O)[C@H]3[C@H]21. The van der Waals surface area contributed by atoms with Crippen LogP contribution in [0.1, 0.15) is 0 Å². The first-order valence-electron chi connectivity index (χ1n) is 5.07. The van der Waals surface area contributed by atoms with Crippen molar-refractivity contribution >= 4 is 12.3 Å². The topological polar surface area (TPSA) is 93.1 Å². The van der Waals surface area contributed by atoms with Crippen LogP contribution < -0.4 is 0 Å². The summed E-state index contributed by atoms with van der Waals surface area (Å²) in [6, 6.07) is 0. The third-order valence-electron chi connectivity index (χ3n) is 3.60. The van der Waals surface area contributed by atoms with Gasteiger partial charge in [-0.1, -0.05) is 12.2 Å². The third-order valence-corrected chi connectivity index (χ3v) is 3.60. The zero-order valence-corrected chi connectivity index (χ0v) is 8.15. The van der Waals surface area contributed by atoms with Gasteiger partial charge in [-0.25, -0.2) is 9.59 Å². The first kappa shape index (κ1) is 9.50. The van der Waals surface area contributed by atoms with E-state index in [1.807, 2.05) is 12.2 Å². The molecule has 86 valence electrons. The smallest absolute Gasteiger partial charge is 0.450 e. The summed E-state index contributed by atoms with van der Waals surface area (Å²) in [5.41, 5.74) is 0. The van der Waals surface area contributed by atoms with Crippen molar-refractivity contribution in [2.45, 2.75) is 12.2 Å². The van der Waals surface area contributed by atoms with Crippen molar-refractivity contribution < 1.29 is 29.3 Å². The van der Waals surface area contributed by atoms with Gasteiger partial charge in [0.25, 0.3) is 0 Å². The molecule has 2 saturated carbocycles. The van der Waals surface area contributed by atoms with Gasteiger partial charge in [0.2, 0.25) is 0 Å². The molecule has 0 aromatic heterocycles. The van der Waals surface area contributed by atoms with Gasteiger partial charge in [0, 0.05) is 23.7 Å². The van der Waals surface area contributed by atoms with Gasteiger partial charge in [0.1, 0.15) is 12.2 Å². The fourth-order valence-electron chi connectivity index (χ4n) is 2.89. The Kier molecular flexibility index (Phi) is 1.72. The molecular formula is C10H10O6. The molecule has 0 heterocycles. The number of carboxylic acid groups (broad SMARTS) is 2. The number of fused-ring (bicyclic) bond motifs is 3. The van der Waals surface area contributed by atoms with Gasteiger partial charge < -0.3 is 19.7 Å². The molecule has 0 amide bonds. The normalized spacial score (nSPS) is 46.2. The Morgan fingerprint density at radius 2 is 1.25 bits per heavy atom. The molecule has 2 N–H and O–H groups in total. The van der Waals surface area contributed by atoms with Crippen LogP contribution in [0.4, 0.5) is 9.59 Å². The molecule has 3 rings (SSSR count). The Balaban J connectivity index is 1.65. The second-order valence-electron chi connectivity index (χ2n) is 4.39. The van der Waals surface area contributed by atoms with Gasteiger partial charge in [-0.05, 0) is 0 Å². The third kappa shape index (κ3) is 1.26. The highest BCUT2D eigenvalue weighted by Gasteiger charge is 2.70. The predicted octanol–water partition coefficient (Wildman–Crippen LogP) is 1.17. The van der Waals surface area contributed by atoms with Crippen LogP contribution in [-0.2, 0) is 9.47 Å². The summed E-state index contributed by atoms with van der Waals surface area (Å²) >= 11 is 0. The maximum atomic E-state index is 10.4. The van der Waals surface area contributed by atoms with Gasteiger partial charge in [0.15, 0.2) is 0 Å². The molecule has 0 spiro atoms. The lowest BCUT2D eigenvalue weighted by Gasteiger charge is -1.98. The Morgan fingerprint density at radius 3 is 1.56 bits per heavy atom. The van der Waals surface area contributed by atoms with Gasteiger partial charge in [-0.3, -0.25) is 0 Å². The summed E-state index contributed by atoms with van der Waals surface area (Å²) in [6.45, 7) is 0. The van der Waals surface area contributed by atoms with Crippen molar-refractivity contribution in [3.8, 4) is 0 Å². The number of rotatable bonds is 2. The van der Waals surface area contributed by atoms with Crippen LogP contribution in [0.3, 0.4) is 0 Å². The van der Waals surface area contributed by atoms with Crippen LogP contribution in [0.25, 0.3) is 0 Å². The molecule has 0 radical (unpaired) electrons. The lowest BCUT2D eigenvalue weighted by molar-refractivity contribution is 0.0675. The van der Waals surface area contributed by atoms with Crippen LogP contribution in [-0.4, -0.2) is 34.7 Å². The van der Waals surface area contributed by atoms with E-state index in [-0.39, 0.29) is 35.9 Å². The van der Waals surface area contributed by atoms with Crippen LogP contribution in [0.5, 0.6) is 0 Å². The van der Waals surface area contributed by atoms with Crippen LogP contribution >= 0.6 is 0 Å². The Morgan fingerprint density at radius 1 is 0.875 bits per heavy atom. The molecule has 0 saturated heterocycles. The lowest BCUT2D eigenvalue weighted by atomic mass is 10.1. The summed E-state index contributed by atoms with van der Waals surface area (Å²) < 4.78 is 9.44. The second kappa shape index (κ2) is 2.90.